The molecule has 0 fully saturated rings. The standard InChI is InChI=1S/C22H29NO4/c1-5-25-20-11-10-18(15-21(20)26-6-2)12-13-23-22(24)17(4)27-19-9-7-8-16(3)14-19/h7-11,14-15,17H,5-6,12-13H2,1-4H3,(H,23,24)/t17-/m0/s1. The van der Waals surface area contributed by atoms with Crippen LogP contribution in [0.5, 0.6) is 17.2 Å². The van der Waals surface area contributed by atoms with Crippen molar-refractivity contribution in [3.63, 3.8) is 0 Å². The number of nitrogens with one attached hydrogen (secondary N) is 1. The molecule has 0 aliphatic rings. The number of ether oxygens (including phenoxy) is 3. The number of hydrogen-bond acceptors (Lipinski definition) is 4. The smallest absolute Gasteiger partial charge is 0.260 e. The Hall–Kier alpha value is -2.69. The zero-order valence-electron chi connectivity index (χ0n) is 16.6. The third kappa shape index (κ3) is 6.51. The second-order valence-corrected chi connectivity index (χ2v) is 6.26. The summed E-state index contributed by atoms with van der Waals surface area (Å²) >= 11 is 0. The van der Waals surface area contributed by atoms with E-state index in [0.29, 0.717) is 31.9 Å². The van der Waals surface area contributed by atoms with Crippen molar-refractivity contribution in [3.8, 4) is 17.2 Å². The van der Waals surface area contributed by atoms with Gasteiger partial charge >= 0.3 is 0 Å². The lowest BCUT2D eigenvalue weighted by Gasteiger charge is -2.15. The van der Waals surface area contributed by atoms with E-state index in [1.807, 2.05) is 63.2 Å². The number of carbonyl (C=O) groups excluding carboxylic acids is 1. The van der Waals surface area contributed by atoms with Gasteiger partial charge in [-0.2, -0.15) is 0 Å². The molecule has 146 valence electrons. The average molecular weight is 371 g/mol. The Kier molecular flexibility index (Phi) is 7.99. The van der Waals surface area contributed by atoms with Gasteiger partial charge in [-0.15, -0.1) is 0 Å². The van der Waals surface area contributed by atoms with E-state index in [-0.39, 0.29) is 5.91 Å². The molecular weight excluding hydrogens is 342 g/mol. The van der Waals surface area contributed by atoms with E-state index in [1.54, 1.807) is 6.92 Å². The van der Waals surface area contributed by atoms with Crippen LogP contribution in [0.15, 0.2) is 42.5 Å². The van der Waals surface area contributed by atoms with Gasteiger partial charge in [-0.3, -0.25) is 4.79 Å². The zero-order valence-corrected chi connectivity index (χ0v) is 16.6. The fourth-order valence-electron chi connectivity index (χ4n) is 2.67. The number of hydrogen-bond donors (Lipinski definition) is 1. The Morgan fingerprint density at radius 1 is 1.04 bits per heavy atom. The Morgan fingerprint density at radius 3 is 2.48 bits per heavy atom. The van der Waals surface area contributed by atoms with Gasteiger partial charge in [0, 0.05) is 6.54 Å². The Morgan fingerprint density at radius 2 is 1.78 bits per heavy atom. The highest BCUT2D eigenvalue weighted by Gasteiger charge is 2.14. The first-order valence-electron chi connectivity index (χ1n) is 9.43. The molecule has 0 spiro atoms. The molecule has 0 aliphatic carbocycles. The van der Waals surface area contributed by atoms with Gasteiger partial charge in [-0.25, -0.2) is 0 Å². The summed E-state index contributed by atoms with van der Waals surface area (Å²) in [5, 5.41) is 2.92. The number of amides is 1. The molecule has 0 aromatic heterocycles. The first-order chi connectivity index (χ1) is 13.0. The predicted molar refractivity (Wildman–Crippen MR) is 107 cm³/mol. The highest BCUT2D eigenvalue weighted by Crippen LogP contribution is 2.28. The van der Waals surface area contributed by atoms with Gasteiger partial charge in [-0.05, 0) is 69.5 Å². The van der Waals surface area contributed by atoms with Crippen molar-refractivity contribution in [1.82, 2.24) is 5.32 Å². The minimum atomic E-state index is -0.550. The predicted octanol–water partition coefficient (Wildman–Crippen LogP) is 3.92. The van der Waals surface area contributed by atoms with Crippen LogP contribution in [0, 0.1) is 6.92 Å². The van der Waals surface area contributed by atoms with Gasteiger partial charge < -0.3 is 19.5 Å². The van der Waals surface area contributed by atoms with E-state index in [1.165, 1.54) is 0 Å². The quantitative estimate of drug-likeness (QED) is 0.688. The second kappa shape index (κ2) is 10.5. The van der Waals surface area contributed by atoms with Crippen molar-refractivity contribution in [2.45, 2.75) is 40.2 Å². The van der Waals surface area contributed by atoms with E-state index in [4.69, 9.17) is 14.2 Å². The van der Waals surface area contributed by atoms with Crippen LogP contribution in [0.3, 0.4) is 0 Å². The van der Waals surface area contributed by atoms with Crippen LogP contribution in [0.2, 0.25) is 0 Å². The van der Waals surface area contributed by atoms with Crippen molar-refractivity contribution >= 4 is 5.91 Å². The van der Waals surface area contributed by atoms with E-state index < -0.39 is 6.10 Å². The molecule has 2 aromatic rings. The fourth-order valence-corrected chi connectivity index (χ4v) is 2.67. The van der Waals surface area contributed by atoms with Crippen LogP contribution in [0.1, 0.15) is 31.9 Å². The first kappa shape index (κ1) is 20.6. The van der Waals surface area contributed by atoms with Gasteiger partial charge in [-0.1, -0.05) is 18.2 Å². The second-order valence-electron chi connectivity index (χ2n) is 6.26. The molecule has 0 bridgehead atoms. The molecule has 2 aromatic carbocycles. The molecule has 5 heteroatoms. The third-order valence-electron chi connectivity index (χ3n) is 3.99. The van der Waals surface area contributed by atoms with Gasteiger partial charge in [0.2, 0.25) is 0 Å². The Balaban J connectivity index is 1.85. The van der Waals surface area contributed by atoms with Crippen LogP contribution in [-0.2, 0) is 11.2 Å². The molecule has 1 atom stereocenters. The zero-order chi connectivity index (χ0) is 19.6. The Labute approximate surface area is 161 Å². The summed E-state index contributed by atoms with van der Waals surface area (Å²) in [6.07, 6.45) is 0.154. The van der Waals surface area contributed by atoms with Crippen molar-refractivity contribution < 1.29 is 19.0 Å². The van der Waals surface area contributed by atoms with E-state index in [0.717, 1.165) is 22.6 Å². The van der Waals surface area contributed by atoms with Gasteiger partial charge in [0.25, 0.3) is 5.91 Å². The monoisotopic (exact) mass is 371 g/mol. The highest BCUT2D eigenvalue weighted by molar-refractivity contribution is 5.80. The molecule has 0 radical (unpaired) electrons. The lowest BCUT2D eigenvalue weighted by atomic mass is 10.1. The molecule has 0 unspecified atom stereocenters. The first-order valence-corrected chi connectivity index (χ1v) is 9.43. The number of rotatable bonds is 10. The Bertz CT molecular complexity index is 745. The normalized spacial score (nSPS) is 11.6. The van der Waals surface area contributed by atoms with Crippen LogP contribution in [-0.4, -0.2) is 31.8 Å². The maximum absolute atomic E-state index is 12.3. The lowest BCUT2D eigenvalue weighted by molar-refractivity contribution is -0.127. The van der Waals surface area contributed by atoms with Crippen molar-refractivity contribution in [1.29, 1.82) is 0 Å². The molecule has 0 saturated heterocycles. The van der Waals surface area contributed by atoms with E-state index in [2.05, 4.69) is 5.32 Å². The summed E-state index contributed by atoms with van der Waals surface area (Å²) in [5.41, 5.74) is 2.18. The summed E-state index contributed by atoms with van der Waals surface area (Å²) < 4.78 is 16.9. The maximum Gasteiger partial charge on any atom is 0.260 e. The molecule has 0 heterocycles. The topological polar surface area (TPSA) is 56.8 Å². The minimum absolute atomic E-state index is 0.132. The van der Waals surface area contributed by atoms with Crippen molar-refractivity contribution in [3.05, 3.63) is 53.6 Å². The summed E-state index contributed by atoms with van der Waals surface area (Å²) in [7, 11) is 0. The molecule has 0 saturated carbocycles. The highest BCUT2D eigenvalue weighted by atomic mass is 16.5. The van der Waals surface area contributed by atoms with Gasteiger partial charge in [0.05, 0.1) is 13.2 Å². The number of benzene rings is 2. The van der Waals surface area contributed by atoms with Crippen LogP contribution in [0.4, 0.5) is 0 Å². The number of aryl methyl sites for hydroxylation is 1. The summed E-state index contributed by atoms with van der Waals surface area (Å²) in [4.78, 5) is 12.3. The van der Waals surface area contributed by atoms with Crippen LogP contribution in [0.25, 0.3) is 0 Å². The molecule has 2 rings (SSSR count). The maximum atomic E-state index is 12.3. The van der Waals surface area contributed by atoms with Crippen LogP contribution < -0.4 is 19.5 Å². The van der Waals surface area contributed by atoms with E-state index >= 15 is 0 Å². The third-order valence-corrected chi connectivity index (χ3v) is 3.99. The van der Waals surface area contributed by atoms with Gasteiger partial charge in [0.1, 0.15) is 5.75 Å². The molecular formula is C22H29NO4. The largest absolute Gasteiger partial charge is 0.490 e. The van der Waals surface area contributed by atoms with Crippen molar-refractivity contribution in [2.24, 2.45) is 0 Å². The lowest BCUT2D eigenvalue weighted by Crippen LogP contribution is -2.37. The summed E-state index contributed by atoms with van der Waals surface area (Å²) in [5.74, 6) is 2.05. The summed E-state index contributed by atoms with van der Waals surface area (Å²) in [6.45, 7) is 9.33. The number of carbonyl (C=O) groups is 1. The molecule has 27 heavy (non-hydrogen) atoms. The van der Waals surface area contributed by atoms with Crippen molar-refractivity contribution in [2.75, 3.05) is 19.8 Å². The summed E-state index contributed by atoms with van der Waals surface area (Å²) in [6, 6.07) is 13.5. The van der Waals surface area contributed by atoms with E-state index in [9.17, 15) is 4.79 Å². The molecule has 1 amide bonds. The molecule has 0 aliphatic heterocycles. The van der Waals surface area contributed by atoms with Crippen LogP contribution >= 0.6 is 0 Å². The fraction of sp³-hybridized carbons (Fsp3) is 0.409. The SMILES string of the molecule is CCOc1ccc(CCNC(=O)[C@H](C)Oc2cccc(C)c2)cc1OCC. The minimum Gasteiger partial charge on any atom is -0.490 e. The molecule has 5 nitrogen and oxygen atoms in total. The average Bonchev–Trinajstić information content (AvgIpc) is 2.64. The van der Waals surface area contributed by atoms with Gasteiger partial charge in [0.15, 0.2) is 17.6 Å². The molecule has 1 N–H and O–H groups in total.